The van der Waals surface area contributed by atoms with Crippen molar-refractivity contribution in [1.29, 1.82) is 0 Å². The molecule has 4 N–H and O–H groups in total. The number of nitrogens with one attached hydrogen (secondary N) is 3. The van der Waals surface area contributed by atoms with Crippen molar-refractivity contribution in [1.82, 2.24) is 15.6 Å². The van der Waals surface area contributed by atoms with Crippen LogP contribution in [0.15, 0.2) is 18.3 Å². The summed E-state index contributed by atoms with van der Waals surface area (Å²) in [6.45, 7) is 0.840. The van der Waals surface area contributed by atoms with Crippen LogP contribution in [0.2, 0.25) is 0 Å². The van der Waals surface area contributed by atoms with E-state index in [0.717, 1.165) is 12.3 Å². The van der Waals surface area contributed by atoms with Crippen LogP contribution in [0.5, 0.6) is 0 Å². The second kappa shape index (κ2) is 9.43. The number of anilines is 1. The third-order valence-corrected chi connectivity index (χ3v) is 4.45. The van der Waals surface area contributed by atoms with Crippen molar-refractivity contribution < 1.29 is 27.9 Å². The maximum absolute atomic E-state index is 12.4. The number of halogens is 3. The fraction of sp³-hybridized carbons (Fsp3) is 0.588. The van der Waals surface area contributed by atoms with Crippen LogP contribution in [0.3, 0.4) is 0 Å². The zero-order valence-corrected chi connectivity index (χ0v) is 14.7. The summed E-state index contributed by atoms with van der Waals surface area (Å²) in [5.74, 6) is -0.772. The first-order valence-electron chi connectivity index (χ1n) is 8.80. The maximum atomic E-state index is 12.4. The lowest BCUT2D eigenvalue weighted by atomic mass is 9.86. The molecule has 27 heavy (non-hydrogen) atoms. The predicted octanol–water partition coefficient (Wildman–Crippen LogP) is 2.85. The lowest BCUT2D eigenvalue weighted by Crippen LogP contribution is -2.44. The molecule has 1 aromatic heterocycles. The van der Waals surface area contributed by atoms with Gasteiger partial charge in [-0.05, 0) is 44.2 Å². The molecule has 0 aliphatic heterocycles. The zero-order chi connectivity index (χ0) is 19.9. The van der Waals surface area contributed by atoms with Crippen molar-refractivity contribution in [2.75, 3.05) is 18.4 Å². The molecule has 0 spiro atoms. The van der Waals surface area contributed by atoms with Crippen LogP contribution in [0.4, 0.5) is 23.8 Å². The highest BCUT2D eigenvalue weighted by Crippen LogP contribution is 2.28. The van der Waals surface area contributed by atoms with Crippen molar-refractivity contribution in [3.8, 4) is 0 Å². The Kier molecular flexibility index (Phi) is 7.26. The minimum atomic E-state index is -4.41. The molecule has 2 amide bonds. The first-order valence-corrected chi connectivity index (χ1v) is 8.80. The maximum Gasteiger partial charge on any atom is 0.417 e. The number of alkyl halides is 3. The molecule has 0 saturated heterocycles. The molecule has 1 aliphatic carbocycles. The van der Waals surface area contributed by atoms with E-state index in [1.807, 2.05) is 0 Å². The molecular weight excluding hydrogens is 365 g/mol. The number of pyridine rings is 1. The molecule has 10 heteroatoms. The van der Waals surface area contributed by atoms with Gasteiger partial charge in [0.05, 0.1) is 11.5 Å². The number of hydrogen-bond donors (Lipinski definition) is 4. The van der Waals surface area contributed by atoms with E-state index < -0.39 is 17.7 Å². The molecule has 1 saturated carbocycles. The fourth-order valence-electron chi connectivity index (χ4n) is 2.89. The van der Waals surface area contributed by atoms with Gasteiger partial charge in [0.25, 0.3) is 0 Å². The number of aliphatic carboxylic acids is 1. The quantitative estimate of drug-likeness (QED) is 0.538. The highest BCUT2D eigenvalue weighted by Gasteiger charge is 2.30. The number of carbonyl (C=O) groups is 2. The highest BCUT2D eigenvalue weighted by molar-refractivity contribution is 5.74. The van der Waals surface area contributed by atoms with Crippen LogP contribution in [-0.2, 0) is 11.0 Å². The Hall–Kier alpha value is -2.52. The highest BCUT2D eigenvalue weighted by atomic mass is 19.4. The smallest absolute Gasteiger partial charge is 0.417 e. The van der Waals surface area contributed by atoms with Gasteiger partial charge in [-0.3, -0.25) is 4.79 Å². The zero-order valence-electron chi connectivity index (χ0n) is 14.7. The van der Waals surface area contributed by atoms with Gasteiger partial charge in [0.2, 0.25) is 0 Å². The normalized spacial score (nSPS) is 20.0. The summed E-state index contributed by atoms with van der Waals surface area (Å²) in [7, 11) is 0. The second-order valence-corrected chi connectivity index (χ2v) is 6.50. The molecule has 1 aliphatic rings. The number of rotatable bonds is 7. The summed E-state index contributed by atoms with van der Waals surface area (Å²) in [6.07, 6.45) is -0.656. The Bertz CT molecular complexity index is 629. The van der Waals surface area contributed by atoms with Gasteiger partial charge in [0.1, 0.15) is 5.82 Å². The average Bonchev–Trinajstić information content (AvgIpc) is 2.61. The third kappa shape index (κ3) is 6.95. The number of aromatic nitrogens is 1. The summed E-state index contributed by atoms with van der Waals surface area (Å²) < 4.78 is 37.3. The molecular formula is C17H23F3N4O3. The van der Waals surface area contributed by atoms with E-state index >= 15 is 0 Å². The molecule has 1 heterocycles. The van der Waals surface area contributed by atoms with Crippen LogP contribution >= 0.6 is 0 Å². The number of amides is 2. The topological polar surface area (TPSA) is 103 Å². The molecule has 150 valence electrons. The van der Waals surface area contributed by atoms with E-state index in [-0.39, 0.29) is 18.0 Å². The molecule has 1 aromatic rings. The van der Waals surface area contributed by atoms with Crippen molar-refractivity contribution >= 4 is 17.8 Å². The summed E-state index contributed by atoms with van der Waals surface area (Å²) in [4.78, 5) is 26.4. The number of hydrogen-bond acceptors (Lipinski definition) is 4. The van der Waals surface area contributed by atoms with Crippen molar-refractivity contribution in [2.45, 2.75) is 44.3 Å². The summed E-state index contributed by atoms with van der Waals surface area (Å²) in [5, 5.41) is 17.4. The molecule has 1 fully saturated rings. The van der Waals surface area contributed by atoms with Crippen molar-refractivity contribution in [2.24, 2.45) is 5.92 Å². The molecule has 0 atom stereocenters. The van der Waals surface area contributed by atoms with Crippen LogP contribution in [-0.4, -0.2) is 41.2 Å². The van der Waals surface area contributed by atoms with Gasteiger partial charge in [-0.15, -0.1) is 0 Å². The first kappa shape index (κ1) is 20.8. The molecule has 0 radical (unpaired) electrons. The van der Waals surface area contributed by atoms with Gasteiger partial charge < -0.3 is 21.1 Å². The molecule has 0 unspecified atom stereocenters. The van der Waals surface area contributed by atoms with E-state index in [2.05, 4.69) is 20.9 Å². The Balaban J connectivity index is 1.57. The lowest BCUT2D eigenvalue weighted by molar-refractivity contribution is -0.143. The summed E-state index contributed by atoms with van der Waals surface area (Å²) in [5.41, 5.74) is -0.802. The number of urea groups is 1. The van der Waals surface area contributed by atoms with E-state index in [9.17, 15) is 22.8 Å². The van der Waals surface area contributed by atoms with Crippen molar-refractivity contribution in [3.05, 3.63) is 23.9 Å². The van der Waals surface area contributed by atoms with E-state index in [1.165, 1.54) is 6.07 Å². The molecule has 0 bridgehead atoms. The van der Waals surface area contributed by atoms with Crippen molar-refractivity contribution in [3.63, 3.8) is 0 Å². The van der Waals surface area contributed by atoms with Gasteiger partial charge in [0.15, 0.2) is 0 Å². The number of carbonyl (C=O) groups excluding carboxylic acids is 1. The molecule has 7 nitrogen and oxygen atoms in total. The minimum absolute atomic E-state index is 0.0185. The minimum Gasteiger partial charge on any atom is -0.481 e. The monoisotopic (exact) mass is 388 g/mol. The van der Waals surface area contributed by atoms with Crippen LogP contribution in [0, 0.1) is 5.92 Å². The Morgan fingerprint density at radius 3 is 2.41 bits per heavy atom. The third-order valence-electron chi connectivity index (χ3n) is 4.45. The molecule has 2 rings (SSSR count). The summed E-state index contributed by atoms with van der Waals surface area (Å²) >= 11 is 0. The van der Waals surface area contributed by atoms with E-state index in [0.29, 0.717) is 51.0 Å². The van der Waals surface area contributed by atoms with Crippen LogP contribution in [0.25, 0.3) is 0 Å². The van der Waals surface area contributed by atoms with Gasteiger partial charge >= 0.3 is 18.2 Å². The van der Waals surface area contributed by atoms with Gasteiger partial charge in [0, 0.05) is 25.3 Å². The Morgan fingerprint density at radius 2 is 1.85 bits per heavy atom. The van der Waals surface area contributed by atoms with Gasteiger partial charge in [-0.2, -0.15) is 13.2 Å². The van der Waals surface area contributed by atoms with Crippen LogP contribution < -0.4 is 16.0 Å². The number of nitrogens with zero attached hydrogens (tertiary/aromatic N) is 1. The van der Waals surface area contributed by atoms with E-state index in [1.54, 1.807) is 0 Å². The SMILES string of the molecule is O=C(NCCCNc1ccc(C(F)(F)F)cn1)NC1CCC(C(=O)O)CC1. The van der Waals surface area contributed by atoms with Crippen LogP contribution in [0.1, 0.15) is 37.7 Å². The largest absolute Gasteiger partial charge is 0.481 e. The fourth-order valence-corrected chi connectivity index (χ4v) is 2.89. The number of carboxylic acid groups (broad SMARTS) is 1. The Labute approximate surface area is 154 Å². The van der Waals surface area contributed by atoms with E-state index in [4.69, 9.17) is 5.11 Å². The Morgan fingerprint density at radius 1 is 1.15 bits per heavy atom. The summed E-state index contributed by atoms with van der Waals surface area (Å²) in [6, 6.07) is 1.90. The lowest BCUT2D eigenvalue weighted by Gasteiger charge is -2.26. The molecule has 0 aromatic carbocycles. The first-order chi connectivity index (χ1) is 12.8. The van der Waals surface area contributed by atoms with Gasteiger partial charge in [-0.1, -0.05) is 0 Å². The second-order valence-electron chi connectivity index (χ2n) is 6.50. The average molecular weight is 388 g/mol. The predicted molar refractivity (Wildman–Crippen MR) is 92.3 cm³/mol. The van der Waals surface area contributed by atoms with Gasteiger partial charge in [-0.25, -0.2) is 9.78 Å². The number of carboxylic acids is 1. The standard InChI is InChI=1S/C17H23F3N4O3/c18-17(19,20)12-4-7-14(23-10-12)21-8-1-9-22-16(27)24-13-5-2-11(3-6-13)15(25)26/h4,7,10-11,13H,1-3,5-6,8-9H2,(H,21,23)(H,25,26)(H2,22,24,27).